The quantitative estimate of drug-likeness (QED) is 0.848. The van der Waals surface area contributed by atoms with Gasteiger partial charge in [-0.15, -0.1) is 0 Å². The Labute approximate surface area is 116 Å². The van der Waals surface area contributed by atoms with Crippen LogP contribution in [0.2, 0.25) is 0 Å². The molecule has 0 radical (unpaired) electrons. The van der Waals surface area contributed by atoms with E-state index in [0.717, 1.165) is 23.0 Å². The predicted octanol–water partition coefficient (Wildman–Crippen LogP) is 2.91. The van der Waals surface area contributed by atoms with Gasteiger partial charge in [0.05, 0.1) is 11.6 Å². The molecule has 0 spiro atoms. The molecule has 18 heavy (non-hydrogen) atoms. The van der Waals surface area contributed by atoms with E-state index in [4.69, 9.17) is 10.5 Å². The summed E-state index contributed by atoms with van der Waals surface area (Å²) in [6.07, 6.45) is 2.15. The van der Waals surface area contributed by atoms with Gasteiger partial charge in [0.25, 0.3) is 0 Å². The number of ether oxygens (including phenoxy) is 1. The third kappa shape index (κ3) is 5.06. The first-order valence-corrected chi connectivity index (χ1v) is 6.71. The number of rotatable bonds is 6. The van der Waals surface area contributed by atoms with Crippen LogP contribution >= 0.6 is 15.9 Å². The van der Waals surface area contributed by atoms with Crippen molar-refractivity contribution in [1.82, 2.24) is 0 Å². The average molecular weight is 315 g/mol. The summed E-state index contributed by atoms with van der Waals surface area (Å²) in [5, 5.41) is 2.84. The molecule has 0 heterocycles. The highest BCUT2D eigenvalue weighted by Gasteiger charge is 2.06. The van der Waals surface area contributed by atoms with E-state index in [1.807, 2.05) is 19.1 Å². The number of methoxy groups -OCH3 is 1. The van der Waals surface area contributed by atoms with Crippen molar-refractivity contribution >= 4 is 27.5 Å². The zero-order valence-corrected chi connectivity index (χ0v) is 12.3. The number of hydrogen-bond donors (Lipinski definition) is 2. The minimum atomic E-state index is 0.0000236. The molecule has 0 aliphatic carbocycles. The monoisotopic (exact) mass is 314 g/mol. The predicted molar refractivity (Wildman–Crippen MR) is 76.8 cm³/mol. The fourth-order valence-electron chi connectivity index (χ4n) is 1.55. The first kappa shape index (κ1) is 15.0. The Hall–Kier alpha value is -1.07. The molecule has 0 fully saturated rings. The van der Waals surface area contributed by atoms with Gasteiger partial charge in [-0.2, -0.15) is 0 Å². The normalized spacial score (nSPS) is 12.0. The Kier molecular flexibility index (Phi) is 6.15. The first-order valence-electron chi connectivity index (χ1n) is 5.92. The van der Waals surface area contributed by atoms with E-state index in [-0.39, 0.29) is 11.9 Å². The van der Waals surface area contributed by atoms with Gasteiger partial charge in [-0.05, 0) is 47.8 Å². The highest BCUT2D eigenvalue weighted by molar-refractivity contribution is 9.10. The number of nitrogens with two attached hydrogens (primary N) is 1. The third-order valence-electron chi connectivity index (χ3n) is 2.50. The average Bonchev–Trinajstić information content (AvgIpc) is 2.31. The van der Waals surface area contributed by atoms with Crippen LogP contribution in [0.4, 0.5) is 5.69 Å². The van der Waals surface area contributed by atoms with E-state index in [1.54, 1.807) is 13.2 Å². The molecule has 0 aliphatic heterocycles. The third-order valence-corrected chi connectivity index (χ3v) is 3.15. The molecule has 0 aromatic heterocycles. The fraction of sp³-hybridized carbons (Fsp3) is 0.462. The maximum Gasteiger partial charge on any atom is 0.224 e. The Bertz CT molecular complexity index is 408. The Morgan fingerprint density at radius 3 is 2.89 bits per heavy atom. The molecule has 4 nitrogen and oxygen atoms in total. The minimum absolute atomic E-state index is 0.0000236. The van der Waals surface area contributed by atoms with Gasteiger partial charge in [0, 0.05) is 24.2 Å². The van der Waals surface area contributed by atoms with E-state index >= 15 is 0 Å². The van der Waals surface area contributed by atoms with Gasteiger partial charge in [-0.25, -0.2) is 0 Å². The van der Waals surface area contributed by atoms with Crippen molar-refractivity contribution in [2.45, 2.75) is 32.2 Å². The Morgan fingerprint density at radius 2 is 2.28 bits per heavy atom. The second kappa shape index (κ2) is 7.38. The van der Waals surface area contributed by atoms with Crippen molar-refractivity contribution in [3.63, 3.8) is 0 Å². The second-order valence-corrected chi connectivity index (χ2v) is 5.12. The summed E-state index contributed by atoms with van der Waals surface area (Å²) in [7, 11) is 1.59. The van der Waals surface area contributed by atoms with Crippen molar-refractivity contribution in [2.24, 2.45) is 5.73 Å². The van der Waals surface area contributed by atoms with Gasteiger partial charge < -0.3 is 15.8 Å². The number of hydrogen-bond acceptors (Lipinski definition) is 3. The van der Waals surface area contributed by atoms with Crippen molar-refractivity contribution in [3.05, 3.63) is 22.7 Å². The van der Waals surface area contributed by atoms with Crippen LogP contribution in [0.15, 0.2) is 22.7 Å². The highest BCUT2D eigenvalue weighted by atomic mass is 79.9. The lowest BCUT2D eigenvalue weighted by Gasteiger charge is -2.09. The highest BCUT2D eigenvalue weighted by Crippen LogP contribution is 2.27. The Balaban J connectivity index is 2.49. The van der Waals surface area contributed by atoms with Crippen LogP contribution in [-0.4, -0.2) is 19.1 Å². The largest absolute Gasteiger partial charge is 0.495 e. The minimum Gasteiger partial charge on any atom is -0.495 e. The van der Waals surface area contributed by atoms with E-state index in [1.165, 1.54) is 0 Å². The zero-order valence-electron chi connectivity index (χ0n) is 10.7. The summed E-state index contributed by atoms with van der Waals surface area (Å²) >= 11 is 3.36. The van der Waals surface area contributed by atoms with Gasteiger partial charge in [0.1, 0.15) is 5.75 Å². The molecular formula is C13H19BrN2O2. The lowest BCUT2D eigenvalue weighted by Crippen LogP contribution is -2.16. The summed E-state index contributed by atoms with van der Waals surface area (Å²) in [4.78, 5) is 11.7. The molecule has 1 rings (SSSR count). The number of carbonyl (C=O) groups excluding carboxylic acids is 1. The van der Waals surface area contributed by atoms with Crippen molar-refractivity contribution in [1.29, 1.82) is 0 Å². The van der Waals surface area contributed by atoms with Crippen LogP contribution in [0.3, 0.4) is 0 Å². The van der Waals surface area contributed by atoms with E-state index in [9.17, 15) is 4.79 Å². The summed E-state index contributed by atoms with van der Waals surface area (Å²) in [5.41, 5.74) is 6.37. The SMILES string of the molecule is COc1cc(NC(=O)CCCC(C)N)ccc1Br. The molecular weight excluding hydrogens is 296 g/mol. The van der Waals surface area contributed by atoms with E-state index in [0.29, 0.717) is 12.2 Å². The number of benzene rings is 1. The maximum absolute atomic E-state index is 11.7. The topological polar surface area (TPSA) is 64.3 Å². The van der Waals surface area contributed by atoms with Crippen molar-refractivity contribution in [2.75, 3.05) is 12.4 Å². The zero-order chi connectivity index (χ0) is 13.5. The molecule has 1 aromatic carbocycles. The molecule has 1 aromatic rings. The van der Waals surface area contributed by atoms with Gasteiger partial charge in [0.15, 0.2) is 0 Å². The standard InChI is InChI=1S/C13H19BrN2O2/c1-9(15)4-3-5-13(17)16-10-6-7-11(14)12(8-10)18-2/h6-9H,3-5,15H2,1-2H3,(H,16,17). The van der Waals surface area contributed by atoms with Crippen LogP contribution in [0.1, 0.15) is 26.2 Å². The van der Waals surface area contributed by atoms with Gasteiger partial charge in [0.2, 0.25) is 5.91 Å². The number of anilines is 1. The Morgan fingerprint density at radius 1 is 1.56 bits per heavy atom. The van der Waals surface area contributed by atoms with E-state index in [2.05, 4.69) is 21.2 Å². The molecule has 100 valence electrons. The maximum atomic E-state index is 11.7. The molecule has 1 unspecified atom stereocenters. The van der Waals surface area contributed by atoms with Crippen molar-refractivity contribution < 1.29 is 9.53 Å². The van der Waals surface area contributed by atoms with Crippen LogP contribution < -0.4 is 15.8 Å². The van der Waals surface area contributed by atoms with Gasteiger partial charge >= 0.3 is 0 Å². The molecule has 3 N–H and O–H groups in total. The number of carbonyl (C=O) groups is 1. The smallest absolute Gasteiger partial charge is 0.224 e. The molecule has 0 saturated heterocycles. The molecule has 1 amide bonds. The molecule has 5 heteroatoms. The number of nitrogens with one attached hydrogen (secondary N) is 1. The summed E-state index contributed by atoms with van der Waals surface area (Å²) < 4.78 is 6.03. The number of halogens is 1. The molecule has 0 aliphatic rings. The summed E-state index contributed by atoms with van der Waals surface area (Å²) in [6.45, 7) is 1.94. The van der Waals surface area contributed by atoms with Gasteiger partial charge in [-0.3, -0.25) is 4.79 Å². The second-order valence-electron chi connectivity index (χ2n) is 4.27. The van der Waals surface area contributed by atoms with Crippen LogP contribution in [0.25, 0.3) is 0 Å². The summed E-state index contributed by atoms with van der Waals surface area (Å²) in [5.74, 6) is 0.698. The molecule has 0 saturated carbocycles. The fourth-order valence-corrected chi connectivity index (χ4v) is 1.95. The van der Waals surface area contributed by atoms with Crippen molar-refractivity contribution in [3.8, 4) is 5.75 Å². The number of amides is 1. The summed E-state index contributed by atoms with van der Waals surface area (Å²) in [6, 6.07) is 5.60. The molecule has 1 atom stereocenters. The lowest BCUT2D eigenvalue weighted by atomic mass is 10.1. The van der Waals surface area contributed by atoms with E-state index < -0.39 is 0 Å². The van der Waals surface area contributed by atoms with Gasteiger partial charge in [-0.1, -0.05) is 0 Å². The van der Waals surface area contributed by atoms with Crippen LogP contribution in [0, 0.1) is 0 Å². The lowest BCUT2D eigenvalue weighted by molar-refractivity contribution is -0.116. The molecule has 0 bridgehead atoms. The van der Waals surface area contributed by atoms with Crippen LogP contribution in [0.5, 0.6) is 5.75 Å². The van der Waals surface area contributed by atoms with Crippen LogP contribution in [-0.2, 0) is 4.79 Å². The first-order chi connectivity index (χ1) is 8.52.